The third-order valence-electron chi connectivity index (χ3n) is 5.90. The smallest absolute Gasteiger partial charge is 0.274 e. The number of amides is 1. The molecule has 25 heavy (non-hydrogen) atoms. The highest BCUT2D eigenvalue weighted by molar-refractivity contribution is 5.95. The molecule has 0 saturated carbocycles. The molecule has 1 spiro atoms. The van der Waals surface area contributed by atoms with Gasteiger partial charge in [0.25, 0.3) is 5.91 Å². The summed E-state index contributed by atoms with van der Waals surface area (Å²) in [7, 11) is 0. The monoisotopic (exact) mass is 336 g/mol. The Labute approximate surface area is 148 Å². The summed E-state index contributed by atoms with van der Waals surface area (Å²) >= 11 is 0. The van der Waals surface area contributed by atoms with Gasteiger partial charge in [0, 0.05) is 12.1 Å². The van der Waals surface area contributed by atoms with Crippen LogP contribution in [0.15, 0.2) is 48.5 Å². The average molecular weight is 336 g/mol. The van der Waals surface area contributed by atoms with E-state index in [4.69, 9.17) is 5.21 Å². The molecule has 130 valence electrons. The number of likely N-dealkylation sites (tertiary alicyclic amines) is 1. The molecule has 2 aliphatic rings. The first-order chi connectivity index (χ1) is 12.2. The van der Waals surface area contributed by atoms with E-state index in [9.17, 15) is 4.79 Å². The molecule has 4 heteroatoms. The summed E-state index contributed by atoms with van der Waals surface area (Å²) in [5.41, 5.74) is 6.47. The van der Waals surface area contributed by atoms with Crippen LogP contribution in [0, 0.1) is 5.41 Å². The predicted molar refractivity (Wildman–Crippen MR) is 96.5 cm³/mol. The van der Waals surface area contributed by atoms with Crippen LogP contribution in [0.4, 0.5) is 0 Å². The number of hydrogen-bond acceptors (Lipinski definition) is 3. The van der Waals surface area contributed by atoms with Gasteiger partial charge in [-0.1, -0.05) is 42.5 Å². The number of carbonyl (C=O) groups is 1. The third-order valence-corrected chi connectivity index (χ3v) is 5.90. The average Bonchev–Trinajstić information content (AvgIpc) is 3.02. The number of piperidine rings is 1. The summed E-state index contributed by atoms with van der Waals surface area (Å²) in [4.78, 5) is 14.5. The molecule has 0 unspecified atom stereocenters. The predicted octanol–water partition coefficient (Wildman–Crippen LogP) is 3.19. The van der Waals surface area contributed by atoms with E-state index < -0.39 is 5.91 Å². The first-order valence-electron chi connectivity index (χ1n) is 9.01. The first kappa shape index (κ1) is 16.3. The molecule has 1 aliphatic heterocycles. The summed E-state index contributed by atoms with van der Waals surface area (Å²) in [5.74, 6) is -0.393. The standard InChI is InChI=1S/C21H24N2O2/c24-20(22-25)18-8-4-7-17-13-21(14-19(17)18)9-11-23(12-10-21)15-16-5-2-1-3-6-16/h1-8,25H,9-15H2,(H,22,24). The number of benzene rings is 2. The van der Waals surface area contributed by atoms with Crippen molar-refractivity contribution in [2.45, 2.75) is 32.2 Å². The minimum atomic E-state index is -0.393. The second kappa shape index (κ2) is 6.62. The van der Waals surface area contributed by atoms with Crippen LogP contribution in [0.5, 0.6) is 0 Å². The second-order valence-corrected chi connectivity index (χ2v) is 7.50. The van der Waals surface area contributed by atoms with Gasteiger partial charge in [-0.15, -0.1) is 0 Å². The van der Waals surface area contributed by atoms with E-state index in [1.807, 2.05) is 12.1 Å². The number of rotatable bonds is 3. The number of nitrogens with zero attached hydrogens (tertiary/aromatic N) is 1. The molecule has 1 aliphatic carbocycles. The fourth-order valence-electron chi connectivity index (χ4n) is 4.50. The van der Waals surface area contributed by atoms with Crippen LogP contribution >= 0.6 is 0 Å². The van der Waals surface area contributed by atoms with Gasteiger partial charge < -0.3 is 0 Å². The van der Waals surface area contributed by atoms with Gasteiger partial charge in [0.05, 0.1) is 0 Å². The highest BCUT2D eigenvalue weighted by Gasteiger charge is 2.41. The number of hydrogen-bond donors (Lipinski definition) is 2. The van der Waals surface area contributed by atoms with Crippen LogP contribution in [0.25, 0.3) is 0 Å². The van der Waals surface area contributed by atoms with Gasteiger partial charge >= 0.3 is 0 Å². The quantitative estimate of drug-likeness (QED) is 0.668. The maximum atomic E-state index is 11.9. The van der Waals surface area contributed by atoms with Crippen molar-refractivity contribution in [3.63, 3.8) is 0 Å². The molecule has 4 rings (SSSR count). The Morgan fingerprint density at radius 1 is 1.04 bits per heavy atom. The van der Waals surface area contributed by atoms with E-state index in [1.165, 1.54) is 11.1 Å². The van der Waals surface area contributed by atoms with Gasteiger partial charge in [-0.2, -0.15) is 0 Å². The molecule has 0 atom stereocenters. The van der Waals surface area contributed by atoms with Gasteiger partial charge in [0.2, 0.25) is 0 Å². The van der Waals surface area contributed by atoms with E-state index in [0.29, 0.717) is 5.56 Å². The molecule has 2 aromatic carbocycles. The van der Waals surface area contributed by atoms with Crippen molar-refractivity contribution in [3.05, 3.63) is 70.8 Å². The first-order valence-corrected chi connectivity index (χ1v) is 9.01. The number of nitrogens with one attached hydrogen (secondary N) is 1. The molecule has 0 aromatic heterocycles. The highest BCUT2D eigenvalue weighted by Crippen LogP contribution is 2.45. The van der Waals surface area contributed by atoms with E-state index in [1.54, 1.807) is 5.48 Å². The molecule has 1 amide bonds. The fraction of sp³-hybridized carbons (Fsp3) is 0.381. The lowest BCUT2D eigenvalue weighted by atomic mass is 9.75. The van der Waals surface area contributed by atoms with Crippen molar-refractivity contribution in [1.82, 2.24) is 10.4 Å². The maximum absolute atomic E-state index is 11.9. The van der Waals surface area contributed by atoms with Crippen LogP contribution < -0.4 is 5.48 Å². The zero-order chi connectivity index (χ0) is 17.3. The lowest BCUT2D eigenvalue weighted by Crippen LogP contribution is -2.40. The van der Waals surface area contributed by atoms with Crippen molar-refractivity contribution in [1.29, 1.82) is 0 Å². The molecular formula is C21H24N2O2. The van der Waals surface area contributed by atoms with Gasteiger partial charge in [-0.05, 0) is 66.9 Å². The number of carbonyl (C=O) groups excluding carboxylic acids is 1. The van der Waals surface area contributed by atoms with E-state index >= 15 is 0 Å². The Kier molecular flexibility index (Phi) is 4.32. The van der Waals surface area contributed by atoms with Crippen molar-refractivity contribution in [3.8, 4) is 0 Å². The van der Waals surface area contributed by atoms with Gasteiger partial charge in [-0.3, -0.25) is 14.9 Å². The van der Waals surface area contributed by atoms with E-state index in [-0.39, 0.29) is 5.41 Å². The maximum Gasteiger partial charge on any atom is 0.274 e. The Bertz CT molecular complexity index is 765. The van der Waals surface area contributed by atoms with Gasteiger partial charge in [0.15, 0.2) is 0 Å². The molecule has 1 heterocycles. The third kappa shape index (κ3) is 3.20. The van der Waals surface area contributed by atoms with Crippen molar-refractivity contribution < 1.29 is 10.0 Å². The van der Waals surface area contributed by atoms with Crippen molar-refractivity contribution in [2.24, 2.45) is 5.41 Å². The summed E-state index contributed by atoms with van der Waals surface area (Å²) in [6, 6.07) is 16.5. The van der Waals surface area contributed by atoms with Gasteiger partial charge in [-0.25, -0.2) is 5.48 Å². The Balaban J connectivity index is 1.45. The zero-order valence-corrected chi connectivity index (χ0v) is 14.4. The second-order valence-electron chi connectivity index (χ2n) is 7.50. The zero-order valence-electron chi connectivity index (χ0n) is 14.4. The van der Waals surface area contributed by atoms with Crippen LogP contribution in [-0.4, -0.2) is 29.1 Å². The van der Waals surface area contributed by atoms with Crippen LogP contribution in [-0.2, 0) is 19.4 Å². The van der Waals surface area contributed by atoms with E-state index in [2.05, 4.69) is 41.3 Å². The lowest BCUT2D eigenvalue weighted by Gasteiger charge is -2.39. The van der Waals surface area contributed by atoms with Crippen LogP contribution in [0.3, 0.4) is 0 Å². The molecular weight excluding hydrogens is 312 g/mol. The Hall–Kier alpha value is -2.17. The minimum Gasteiger partial charge on any atom is -0.299 e. The molecule has 0 bridgehead atoms. The summed E-state index contributed by atoms with van der Waals surface area (Å²) in [5, 5.41) is 8.99. The topological polar surface area (TPSA) is 52.6 Å². The fourth-order valence-corrected chi connectivity index (χ4v) is 4.50. The molecule has 4 nitrogen and oxygen atoms in total. The van der Waals surface area contributed by atoms with Crippen LogP contribution in [0.1, 0.15) is 39.9 Å². The summed E-state index contributed by atoms with van der Waals surface area (Å²) in [6.45, 7) is 3.22. The largest absolute Gasteiger partial charge is 0.299 e. The lowest BCUT2D eigenvalue weighted by molar-refractivity contribution is 0.0704. The highest BCUT2D eigenvalue weighted by atomic mass is 16.5. The number of hydroxylamine groups is 1. The molecule has 1 saturated heterocycles. The minimum absolute atomic E-state index is 0.279. The Morgan fingerprint density at radius 3 is 2.52 bits per heavy atom. The molecule has 2 aromatic rings. The Morgan fingerprint density at radius 2 is 1.80 bits per heavy atom. The normalized spacial score (nSPS) is 18.9. The molecule has 2 N–H and O–H groups in total. The number of fused-ring (bicyclic) bond motifs is 1. The van der Waals surface area contributed by atoms with E-state index in [0.717, 1.165) is 50.9 Å². The molecule has 1 fully saturated rings. The SMILES string of the molecule is O=C(NO)c1cccc2c1CC1(CCN(Cc3ccccc3)CC1)C2. The summed E-state index contributed by atoms with van der Waals surface area (Å²) < 4.78 is 0. The van der Waals surface area contributed by atoms with Crippen molar-refractivity contribution in [2.75, 3.05) is 13.1 Å². The van der Waals surface area contributed by atoms with Crippen LogP contribution in [0.2, 0.25) is 0 Å². The van der Waals surface area contributed by atoms with Gasteiger partial charge in [0.1, 0.15) is 0 Å². The molecule has 0 radical (unpaired) electrons. The van der Waals surface area contributed by atoms with Crippen molar-refractivity contribution >= 4 is 5.91 Å². The summed E-state index contributed by atoms with van der Waals surface area (Å²) in [6.07, 6.45) is 4.32.